The molecule has 0 fully saturated rings. The lowest BCUT2D eigenvalue weighted by atomic mass is 9.93. The van der Waals surface area contributed by atoms with Crippen LogP contribution in [-0.2, 0) is 0 Å². The second-order valence-electron chi connectivity index (χ2n) is 6.84. The van der Waals surface area contributed by atoms with E-state index in [4.69, 9.17) is 0 Å². The highest BCUT2D eigenvalue weighted by Gasteiger charge is 2.36. The van der Waals surface area contributed by atoms with Crippen molar-refractivity contribution in [3.63, 3.8) is 0 Å². The maximum atomic E-state index is 13.3. The van der Waals surface area contributed by atoms with Gasteiger partial charge in [-0.1, -0.05) is 67.1 Å². The zero-order valence-electron chi connectivity index (χ0n) is 15.0. The molecule has 3 heteroatoms. The van der Waals surface area contributed by atoms with Crippen molar-refractivity contribution in [3.05, 3.63) is 95.6 Å². The van der Waals surface area contributed by atoms with Gasteiger partial charge in [0.25, 0.3) is 5.91 Å². The van der Waals surface area contributed by atoms with Gasteiger partial charge in [0.05, 0.1) is 5.56 Å². The zero-order chi connectivity index (χ0) is 18.1. The van der Waals surface area contributed by atoms with Gasteiger partial charge in [-0.15, -0.1) is 0 Å². The molecule has 0 aliphatic carbocycles. The molecule has 26 heavy (non-hydrogen) atoms. The van der Waals surface area contributed by atoms with E-state index < -0.39 is 0 Å². The van der Waals surface area contributed by atoms with Gasteiger partial charge in [-0.3, -0.25) is 9.69 Å². The number of carbonyl (C=O) groups is 1. The molecule has 4 rings (SSSR count). The fourth-order valence-corrected chi connectivity index (χ4v) is 3.55. The number of hydrogen-bond donors (Lipinski definition) is 1. The van der Waals surface area contributed by atoms with Gasteiger partial charge >= 0.3 is 0 Å². The van der Waals surface area contributed by atoms with Crippen LogP contribution in [-0.4, -0.2) is 12.1 Å². The summed E-state index contributed by atoms with van der Waals surface area (Å²) in [6.07, 6.45) is -0.150. The van der Waals surface area contributed by atoms with Gasteiger partial charge in [0.1, 0.15) is 6.17 Å². The summed E-state index contributed by atoms with van der Waals surface area (Å²) in [5, 5.41) is 3.59. The first-order valence-corrected chi connectivity index (χ1v) is 8.96. The van der Waals surface area contributed by atoms with Crippen molar-refractivity contribution in [2.24, 2.45) is 0 Å². The van der Waals surface area contributed by atoms with Crippen LogP contribution in [0.4, 0.5) is 11.4 Å². The molecule has 3 nitrogen and oxygen atoms in total. The van der Waals surface area contributed by atoms with Gasteiger partial charge in [-0.25, -0.2) is 0 Å². The molecular weight excluding hydrogens is 320 g/mol. The molecule has 1 aliphatic heterocycles. The molecule has 1 aliphatic rings. The van der Waals surface area contributed by atoms with Crippen LogP contribution in [0.15, 0.2) is 78.9 Å². The molecule has 2 atom stereocenters. The maximum Gasteiger partial charge on any atom is 0.262 e. The number of hydrogen-bond acceptors (Lipinski definition) is 2. The largest absolute Gasteiger partial charge is 0.364 e. The Labute approximate surface area is 154 Å². The third kappa shape index (κ3) is 2.86. The van der Waals surface area contributed by atoms with Crippen molar-refractivity contribution in [3.8, 4) is 0 Å². The number of para-hydroxylation sites is 1. The molecular formula is C23H22N2O. The Balaban J connectivity index is 1.81. The van der Waals surface area contributed by atoms with Gasteiger partial charge in [-0.2, -0.15) is 0 Å². The summed E-state index contributed by atoms with van der Waals surface area (Å²) in [7, 11) is 0. The van der Waals surface area contributed by atoms with E-state index in [1.54, 1.807) is 0 Å². The quantitative estimate of drug-likeness (QED) is 0.710. The minimum Gasteiger partial charge on any atom is -0.364 e. The summed E-state index contributed by atoms with van der Waals surface area (Å²) in [6, 6.07) is 26.2. The number of amides is 1. The molecule has 0 bridgehead atoms. The third-order valence-corrected chi connectivity index (χ3v) is 5.07. The predicted octanol–water partition coefficient (Wildman–Crippen LogP) is 5.20. The van der Waals surface area contributed by atoms with Crippen LogP contribution in [0, 0.1) is 6.92 Å². The Morgan fingerprint density at radius 2 is 1.54 bits per heavy atom. The average Bonchev–Trinajstić information content (AvgIpc) is 2.69. The van der Waals surface area contributed by atoms with E-state index in [1.807, 2.05) is 71.6 Å². The average molecular weight is 342 g/mol. The number of carbonyl (C=O) groups excluding carboxylic acids is 1. The highest BCUT2D eigenvalue weighted by molar-refractivity contribution is 6.12. The molecule has 1 N–H and O–H groups in total. The van der Waals surface area contributed by atoms with E-state index >= 15 is 0 Å². The molecule has 0 saturated heterocycles. The van der Waals surface area contributed by atoms with Crippen molar-refractivity contribution in [2.45, 2.75) is 25.9 Å². The fraction of sp³-hybridized carbons (Fsp3) is 0.174. The lowest BCUT2D eigenvalue weighted by molar-refractivity contribution is 0.0972. The fourth-order valence-electron chi connectivity index (χ4n) is 3.55. The highest BCUT2D eigenvalue weighted by atomic mass is 16.2. The Morgan fingerprint density at radius 1 is 0.885 bits per heavy atom. The number of anilines is 2. The van der Waals surface area contributed by atoms with Crippen LogP contribution in [0.25, 0.3) is 0 Å². The smallest absolute Gasteiger partial charge is 0.262 e. The van der Waals surface area contributed by atoms with E-state index in [1.165, 1.54) is 11.1 Å². The van der Waals surface area contributed by atoms with Crippen LogP contribution in [0.3, 0.4) is 0 Å². The number of fused-ring (bicyclic) bond motifs is 1. The molecule has 0 saturated carbocycles. The Bertz CT molecular complexity index is 918. The molecule has 0 aromatic heterocycles. The summed E-state index contributed by atoms with van der Waals surface area (Å²) in [4.78, 5) is 15.2. The van der Waals surface area contributed by atoms with Gasteiger partial charge in [-0.05, 0) is 36.8 Å². The molecule has 1 amide bonds. The standard InChI is InChI=1S/C23H22N2O/c1-16-12-14-19(15-13-16)25-22(17(2)18-8-4-3-5-9-18)24-21-11-7-6-10-20(21)23(25)26/h3-15,17,22,24H,1-2H3/t17-,22+/m1/s1. The van der Waals surface area contributed by atoms with Crippen LogP contribution < -0.4 is 10.2 Å². The Hall–Kier alpha value is -3.07. The molecule has 130 valence electrons. The monoisotopic (exact) mass is 342 g/mol. The first-order chi connectivity index (χ1) is 12.6. The molecule has 3 aromatic carbocycles. The molecule has 0 spiro atoms. The highest BCUT2D eigenvalue weighted by Crippen LogP contribution is 2.35. The second kappa shape index (κ2) is 6.68. The van der Waals surface area contributed by atoms with Gasteiger partial charge in [0.2, 0.25) is 0 Å². The Morgan fingerprint density at radius 3 is 2.27 bits per heavy atom. The first-order valence-electron chi connectivity index (χ1n) is 8.96. The molecule has 1 heterocycles. The predicted molar refractivity (Wildman–Crippen MR) is 107 cm³/mol. The van der Waals surface area contributed by atoms with Crippen molar-refractivity contribution < 1.29 is 4.79 Å². The van der Waals surface area contributed by atoms with E-state index in [0.29, 0.717) is 5.56 Å². The van der Waals surface area contributed by atoms with Crippen LogP contribution in [0.2, 0.25) is 0 Å². The second-order valence-corrected chi connectivity index (χ2v) is 6.84. The lowest BCUT2D eigenvalue weighted by Crippen LogP contribution is -2.51. The minimum absolute atomic E-state index is 0.0379. The normalized spacial score (nSPS) is 17.4. The number of nitrogens with one attached hydrogen (secondary N) is 1. The minimum atomic E-state index is -0.150. The SMILES string of the molecule is Cc1ccc(N2C(=O)c3ccccc3N[C@@H]2[C@H](C)c2ccccc2)cc1. The number of aryl methyl sites for hydroxylation is 1. The Kier molecular flexibility index (Phi) is 4.21. The van der Waals surface area contributed by atoms with Gasteiger partial charge in [0.15, 0.2) is 0 Å². The van der Waals surface area contributed by atoms with Gasteiger partial charge < -0.3 is 5.32 Å². The summed E-state index contributed by atoms with van der Waals surface area (Å²) in [5.41, 5.74) is 4.90. The van der Waals surface area contributed by atoms with Crippen LogP contribution in [0.5, 0.6) is 0 Å². The van der Waals surface area contributed by atoms with Crippen molar-refractivity contribution >= 4 is 17.3 Å². The number of nitrogens with zero attached hydrogens (tertiary/aromatic N) is 1. The third-order valence-electron chi connectivity index (χ3n) is 5.07. The number of benzene rings is 3. The van der Waals surface area contributed by atoms with Crippen molar-refractivity contribution in [2.75, 3.05) is 10.2 Å². The summed E-state index contributed by atoms with van der Waals surface area (Å²) in [5.74, 6) is 0.172. The van der Waals surface area contributed by atoms with Gasteiger partial charge in [0, 0.05) is 17.3 Å². The summed E-state index contributed by atoms with van der Waals surface area (Å²) < 4.78 is 0. The van der Waals surface area contributed by atoms with Crippen LogP contribution in [0.1, 0.15) is 34.3 Å². The molecule has 0 unspecified atom stereocenters. The topological polar surface area (TPSA) is 32.3 Å². The zero-order valence-corrected chi connectivity index (χ0v) is 15.0. The molecule has 0 radical (unpaired) electrons. The summed E-state index contributed by atoms with van der Waals surface area (Å²) >= 11 is 0. The van der Waals surface area contributed by atoms with E-state index in [2.05, 4.69) is 31.3 Å². The van der Waals surface area contributed by atoms with E-state index in [0.717, 1.165) is 11.4 Å². The lowest BCUT2D eigenvalue weighted by Gasteiger charge is -2.41. The van der Waals surface area contributed by atoms with Crippen molar-refractivity contribution in [1.82, 2.24) is 0 Å². The summed E-state index contributed by atoms with van der Waals surface area (Å²) in [6.45, 7) is 4.22. The van der Waals surface area contributed by atoms with Crippen molar-refractivity contribution in [1.29, 1.82) is 0 Å². The van der Waals surface area contributed by atoms with E-state index in [9.17, 15) is 4.79 Å². The molecule has 3 aromatic rings. The van der Waals surface area contributed by atoms with Crippen LogP contribution >= 0.6 is 0 Å². The number of rotatable bonds is 3. The maximum absolute atomic E-state index is 13.3. The first kappa shape index (κ1) is 16.4. The van der Waals surface area contributed by atoms with E-state index in [-0.39, 0.29) is 18.0 Å².